The lowest BCUT2D eigenvalue weighted by molar-refractivity contribution is -0.126. The number of hydrogen-bond donors (Lipinski definition) is 2. The van der Waals surface area contributed by atoms with E-state index in [2.05, 4.69) is 10.2 Å². The van der Waals surface area contributed by atoms with E-state index in [-0.39, 0.29) is 24.0 Å². The average Bonchev–Trinajstić information content (AvgIpc) is 3.07. The van der Waals surface area contributed by atoms with Gasteiger partial charge >= 0.3 is 0 Å². The van der Waals surface area contributed by atoms with Crippen LogP contribution in [0.3, 0.4) is 0 Å². The summed E-state index contributed by atoms with van der Waals surface area (Å²) in [4.78, 5) is 14.5. The van der Waals surface area contributed by atoms with Crippen molar-refractivity contribution < 1.29 is 19.4 Å². The van der Waals surface area contributed by atoms with Gasteiger partial charge in [0, 0.05) is 25.0 Å². The van der Waals surface area contributed by atoms with Gasteiger partial charge in [0.15, 0.2) is 0 Å². The van der Waals surface area contributed by atoms with E-state index in [9.17, 15) is 9.90 Å². The van der Waals surface area contributed by atoms with Crippen LogP contribution in [-0.4, -0.2) is 61.5 Å². The largest absolute Gasteiger partial charge is 0.497 e. The van der Waals surface area contributed by atoms with E-state index < -0.39 is 0 Å². The predicted octanol–water partition coefficient (Wildman–Crippen LogP) is 1.17. The Balaban J connectivity index is 1.51. The van der Waals surface area contributed by atoms with Crippen molar-refractivity contribution in [3.8, 4) is 5.75 Å². The highest BCUT2D eigenvalue weighted by Crippen LogP contribution is 2.32. The average molecular weight is 348 g/mol. The number of aliphatic hydroxyl groups is 1. The number of hydrogen-bond acceptors (Lipinski definition) is 5. The van der Waals surface area contributed by atoms with E-state index in [0.29, 0.717) is 26.3 Å². The maximum Gasteiger partial charge on any atom is 0.234 e. The fourth-order valence-electron chi connectivity index (χ4n) is 3.85. The number of carbonyl (C=O) groups excluding carboxylic acids is 1. The first-order valence-corrected chi connectivity index (χ1v) is 9.07. The second-order valence-corrected chi connectivity index (χ2v) is 6.90. The van der Waals surface area contributed by atoms with Crippen LogP contribution in [0.1, 0.15) is 24.8 Å². The van der Waals surface area contributed by atoms with Crippen LogP contribution in [0, 0.1) is 5.92 Å². The van der Waals surface area contributed by atoms with Gasteiger partial charge in [0.2, 0.25) is 5.91 Å². The number of methoxy groups -OCH3 is 1. The third-order valence-electron chi connectivity index (χ3n) is 5.30. The molecule has 1 saturated heterocycles. The number of carbonyl (C=O) groups is 1. The van der Waals surface area contributed by atoms with Crippen molar-refractivity contribution in [2.45, 2.75) is 38.0 Å². The standard InChI is InChI=1S/C19H28N2O4/c1-24-15-7-5-14(6-8-15)11-20-19(23)12-21-9-10-25-13-17(21)16-3-2-4-18(16)22/h5-8,16-18,22H,2-4,9-13H2,1H3,(H,20,23). The van der Waals surface area contributed by atoms with Gasteiger partial charge in [-0.1, -0.05) is 18.6 Å². The molecule has 2 aliphatic rings. The van der Waals surface area contributed by atoms with Gasteiger partial charge in [-0.3, -0.25) is 9.69 Å². The first-order valence-electron chi connectivity index (χ1n) is 9.07. The minimum Gasteiger partial charge on any atom is -0.497 e. The van der Waals surface area contributed by atoms with Crippen LogP contribution in [0.2, 0.25) is 0 Å². The molecule has 1 aromatic rings. The Hall–Kier alpha value is -1.63. The van der Waals surface area contributed by atoms with Crippen LogP contribution >= 0.6 is 0 Å². The Bertz CT molecular complexity index is 563. The van der Waals surface area contributed by atoms with E-state index in [4.69, 9.17) is 9.47 Å². The number of nitrogens with one attached hydrogen (secondary N) is 1. The monoisotopic (exact) mass is 348 g/mol. The molecule has 3 atom stereocenters. The molecule has 1 heterocycles. The second-order valence-electron chi connectivity index (χ2n) is 6.90. The smallest absolute Gasteiger partial charge is 0.234 e. The number of rotatable bonds is 6. The molecule has 25 heavy (non-hydrogen) atoms. The molecule has 0 aromatic heterocycles. The highest BCUT2D eigenvalue weighted by Gasteiger charge is 2.38. The van der Waals surface area contributed by atoms with Crippen molar-refractivity contribution in [2.24, 2.45) is 5.92 Å². The Kier molecular flexibility index (Phi) is 6.29. The van der Waals surface area contributed by atoms with Crippen molar-refractivity contribution in [3.63, 3.8) is 0 Å². The van der Waals surface area contributed by atoms with Crippen LogP contribution < -0.4 is 10.1 Å². The third kappa shape index (κ3) is 4.71. The minimum atomic E-state index is -0.267. The van der Waals surface area contributed by atoms with E-state index in [0.717, 1.165) is 37.1 Å². The summed E-state index contributed by atoms with van der Waals surface area (Å²) in [6, 6.07) is 7.82. The molecule has 1 aromatic carbocycles. The van der Waals surface area contributed by atoms with Gasteiger partial charge in [-0.2, -0.15) is 0 Å². The van der Waals surface area contributed by atoms with E-state index >= 15 is 0 Å². The molecular formula is C19H28N2O4. The summed E-state index contributed by atoms with van der Waals surface area (Å²) in [5.41, 5.74) is 1.04. The van der Waals surface area contributed by atoms with Crippen molar-refractivity contribution in [3.05, 3.63) is 29.8 Å². The summed E-state index contributed by atoms with van der Waals surface area (Å²) >= 11 is 0. The number of benzene rings is 1. The van der Waals surface area contributed by atoms with Crippen LogP contribution in [0.25, 0.3) is 0 Å². The number of ether oxygens (including phenoxy) is 2. The summed E-state index contributed by atoms with van der Waals surface area (Å²) < 4.78 is 10.7. The molecule has 1 amide bonds. The van der Waals surface area contributed by atoms with Crippen LogP contribution in [0.4, 0.5) is 0 Å². The molecule has 6 nitrogen and oxygen atoms in total. The van der Waals surface area contributed by atoms with Crippen molar-refractivity contribution in [2.75, 3.05) is 33.4 Å². The molecule has 6 heteroatoms. The zero-order valence-electron chi connectivity index (χ0n) is 14.8. The van der Waals surface area contributed by atoms with Crippen LogP contribution in [0.15, 0.2) is 24.3 Å². The first-order chi connectivity index (χ1) is 12.2. The van der Waals surface area contributed by atoms with Gasteiger partial charge in [0.1, 0.15) is 5.75 Å². The number of amides is 1. The fourth-order valence-corrected chi connectivity index (χ4v) is 3.85. The Morgan fingerprint density at radius 2 is 2.16 bits per heavy atom. The van der Waals surface area contributed by atoms with E-state index in [1.165, 1.54) is 0 Å². The molecular weight excluding hydrogens is 320 g/mol. The molecule has 2 fully saturated rings. The Labute approximate surface area is 149 Å². The summed E-state index contributed by atoms with van der Waals surface area (Å²) in [5.74, 6) is 1.03. The molecule has 3 rings (SSSR count). The molecule has 138 valence electrons. The predicted molar refractivity (Wildman–Crippen MR) is 94.4 cm³/mol. The second kappa shape index (κ2) is 8.65. The molecule has 0 spiro atoms. The number of aliphatic hydroxyl groups excluding tert-OH is 1. The highest BCUT2D eigenvalue weighted by atomic mass is 16.5. The SMILES string of the molecule is COc1ccc(CNC(=O)CN2CCOCC2C2CCCC2O)cc1. The Morgan fingerprint density at radius 1 is 1.36 bits per heavy atom. The normalized spacial score (nSPS) is 27.2. The maximum absolute atomic E-state index is 12.4. The molecule has 1 saturated carbocycles. The molecule has 0 radical (unpaired) electrons. The summed E-state index contributed by atoms with van der Waals surface area (Å²) in [5, 5.41) is 13.2. The van der Waals surface area contributed by atoms with Gasteiger partial charge in [-0.25, -0.2) is 0 Å². The highest BCUT2D eigenvalue weighted by molar-refractivity contribution is 5.78. The number of morpholine rings is 1. The molecule has 3 unspecified atom stereocenters. The van der Waals surface area contributed by atoms with Crippen molar-refractivity contribution in [1.29, 1.82) is 0 Å². The minimum absolute atomic E-state index is 0.00945. The lowest BCUT2D eigenvalue weighted by Gasteiger charge is -2.39. The summed E-state index contributed by atoms with van der Waals surface area (Å²) in [6.45, 7) is 2.85. The van der Waals surface area contributed by atoms with Crippen molar-refractivity contribution in [1.82, 2.24) is 10.2 Å². The molecule has 0 bridgehead atoms. The van der Waals surface area contributed by atoms with Gasteiger partial charge in [0.25, 0.3) is 0 Å². The molecule has 1 aliphatic carbocycles. The summed E-state index contributed by atoms with van der Waals surface area (Å²) in [6.07, 6.45) is 2.66. The van der Waals surface area contributed by atoms with Crippen LogP contribution in [0.5, 0.6) is 5.75 Å². The zero-order valence-corrected chi connectivity index (χ0v) is 14.8. The van der Waals surface area contributed by atoms with Crippen molar-refractivity contribution >= 4 is 5.91 Å². The lowest BCUT2D eigenvalue weighted by atomic mass is 9.94. The van der Waals surface area contributed by atoms with Gasteiger partial charge < -0.3 is 19.9 Å². The zero-order chi connectivity index (χ0) is 17.6. The molecule has 1 aliphatic heterocycles. The first kappa shape index (κ1) is 18.2. The van der Waals surface area contributed by atoms with E-state index in [1.807, 2.05) is 24.3 Å². The van der Waals surface area contributed by atoms with Gasteiger partial charge in [-0.05, 0) is 30.5 Å². The quantitative estimate of drug-likeness (QED) is 0.808. The van der Waals surface area contributed by atoms with Gasteiger partial charge in [0.05, 0.1) is 33.0 Å². The van der Waals surface area contributed by atoms with E-state index in [1.54, 1.807) is 7.11 Å². The lowest BCUT2D eigenvalue weighted by Crippen LogP contribution is -2.53. The van der Waals surface area contributed by atoms with Crippen LogP contribution in [-0.2, 0) is 16.1 Å². The maximum atomic E-state index is 12.4. The Morgan fingerprint density at radius 3 is 2.84 bits per heavy atom. The molecule has 2 N–H and O–H groups in total. The van der Waals surface area contributed by atoms with Gasteiger partial charge in [-0.15, -0.1) is 0 Å². The third-order valence-corrected chi connectivity index (χ3v) is 5.30. The fraction of sp³-hybridized carbons (Fsp3) is 0.632. The summed E-state index contributed by atoms with van der Waals surface area (Å²) in [7, 11) is 1.64. The number of nitrogens with zero attached hydrogens (tertiary/aromatic N) is 1. The topological polar surface area (TPSA) is 71.0 Å².